The van der Waals surface area contributed by atoms with E-state index in [0.717, 1.165) is 5.56 Å². The van der Waals surface area contributed by atoms with Crippen LogP contribution in [-0.4, -0.2) is 44.9 Å². The highest BCUT2D eigenvalue weighted by molar-refractivity contribution is 7.99. The summed E-state index contributed by atoms with van der Waals surface area (Å²) < 4.78 is 6.79. The average Bonchev–Trinajstić information content (AvgIpc) is 3.29. The van der Waals surface area contributed by atoms with Crippen molar-refractivity contribution >= 4 is 64.5 Å². The number of anilines is 1. The van der Waals surface area contributed by atoms with E-state index in [-0.39, 0.29) is 36.3 Å². The Balaban J connectivity index is 1.56. The van der Waals surface area contributed by atoms with Gasteiger partial charge in [-0.3, -0.25) is 9.59 Å². The lowest BCUT2D eigenvalue weighted by atomic mass is 10.2. The molecule has 0 aliphatic rings. The molecular formula is C25H25Cl2N5O4S. The van der Waals surface area contributed by atoms with Crippen molar-refractivity contribution in [1.82, 2.24) is 20.1 Å². The summed E-state index contributed by atoms with van der Waals surface area (Å²) in [6.45, 7) is 4.57. The van der Waals surface area contributed by atoms with Crippen LogP contribution in [0.2, 0.25) is 10.0 Å². The third-order valence-electron chi connectivity index (χ3n) is 4.93. The van der Waals surface area contributed by atoms with Crippen LogP contribution in [0.25, 0.3) is 6.08 Å². The molecule has 9 nitrogen and oxygen atoms in total. The predicted octanol–water partition coefficient (Wildman–Crippen LogP) is 4.84. The number of hydrogen-bond donors (Lipinski definition) is 2. The summed E-state index contributed by atoms with van der Waals surface area (Å²) in [4.78, 5) is 36.7. The van der Waals surface area contributed by atoms with E-state index in [9.17, 15) is 14.4 Å². The number of carbonyl (C=O) groups is 3. The standard InChI is InChI=1S/C25H25Cl2N5O4S/c1-3-32-21(14-28-22(33)12-10-16-7-5-6-8-18(16)26)30-31-25(32)37-15-23(34)29-20-13-17(9-11-19(20)27)24(35)36-4-2/h5-13H,3-4,14-15H2,1-2H3,(H,28,33)(H,29,34). The molecule has 0 fully saturated rings. The number of benzene rings is 2. The van der Waals surface area contributed by atoms with Gasteiger partial charge in [-0.25, -0.2) is 4.79 Å². The summed E-state index contributed by atoms with van der Waals surface area (Å²) in [6, 6.07) is 11.7. The van der Waals surface area contributed by atoms with Crippen LogP contribution in [0, 0.1) is 0 Å². The maximum Gasteiger partial charge on any atom is 0.338 e. The first-order valence-electron chi connectivity index (χ1n) is 11.3. The maximum atomic E-state index is 12.5. The predicted molar refractivity (Wildman–Crippen MR) is 145 cm³/mol. The van der Waals surface area contributed by atoms with Crippen molar-refractivity contribution < 1.29 is 19.1 Å². The Labute approximate surface area is 228 Å². The molecule has 3 aromatic rings. The minimum absolute atomic E-state index is 0.0328. The van der Waals surface area contributed by atoms with Gasteiger partial charge in [0.05, 0.1) is 35.2 Å². The molecule has 12 heteroatoms. The first-order chi connectivity index (χ1) is 17.8. The molecule has 2 amide bonds. The second-order valence-corrected chi connectivity index (χ2v) is 9.22. The molecule has 37 heavy (non-hydrogen) atoms. The molecule has 1 heterocycles. The fourth-order valence-corrected chi connectivity index (χ4v) is 4.34. The second kappa shape index (κ2) is 13.8. The third-order valence-corrected chi connectivity index (χ3v) is 6.57. The smallest absolute Gasteiger partial charge is 0.338 e. The van der Waals surface area contributed by atoms with Gasteiger partial charge in [0.25, 0.3) is 0 Å². The van der Waals surface area contributed by atoms with E-state index >= 15 is 0 Å². The summed E-state index contributed by atoms with van der Waals surface area (Å²) in [5, 5.41) is 15.1. The molecule has 2 N–H and O–H groups in total. The van der Waals surface area contributed by atoms with E-state index < -0.39 is 5.97 Å². The van der Waals surface area contributed by atoms with Crippen molar-refractivity contribution in [3.05, 3.63) is 75.5 Å². The number of carbonyl (C=O) groups excluding carboxylic acids is 3. The van der Waals surface area contributed by atoms with Gasteiger partial charge in [0.2, 0.25) is 11.8 Å². The Morgan fingerprint density at radius 2 is 1.86 bits per heavy atom. The van der Waals surface area contributed by atoms with Gasteiger partial charge < -0.3 is 19.9 Å². The first-order valence-corrected chi connectivity index (χ1v) is 13.1. The molecule has 2 aromatic carbocycles. The average molecular weight is 562 g/mol. The summed E-state index contributed by atoms with van der Waals surface area (Å²) in [5.74, 6) is -0.557. The lowest BCUT2D eigenvalue weighted by Gasteiger charge is -2.10. The number of nitrogens with zero attached hydrogens (tertiary/aromatic N) is 3. The van der Waals surface area contributed by atoms with Gasteiger partial charge in [0, 0.05) is 17.6 Å². The molecule has 0 bridgehead atoms. The maximum absolute atomic E-state index is 12.5. The number of nitrogens with one attached hydrogen (secondary N) is 2. The van der Waals surface area contributed by atoms with Crippen molar-refractivity contribution in [2.45, 2.75) is 32.1 Å². The molecule has 0 saturated heterocycles. The lowest BCUT2D eigenvalue weighted by molar-refractivity contribution is -0.116. The first kappa shape index (κ1) is 28.2. The molecule has 0 aliphatic heterocycles. The van der Waals surface area contributed by atoms with Gasteiger partial charge in [-0.1, -0.05) is 53.2 Å². The molecule has 0 spiro atoms. The van der Waals surface area contributed by atoms with E-state index in [1.165, 1.54) is 36.0 Å². The Kier molecular flexibility index (Phi) is 10.6. The number of esters is 1. The van der Waals surface area contributed by atoms with Crippen LogP contribution < -0.4 is 10.6 Å². The van der Waals surface area contributed by atoms with Gasteiger partial charge in [-0.15, -0.1) is 10.2 Å². The number of ether oxygens (including phenoxy) is 1. The van der Waals surface area contributed by atoms with Crippen molar-refractivity contribution in [2.24, 2.45) is 0 Å². The molecule has 0 unspecified atom stereocenters. The monoisotopic (exact) mass is 561 g/mol. The fraction of sp³-hybridized carbons (Fsp3) is 0.240. The van der Waals surface area contributed by atoms with E-state index in [1.807, 2.05) is 29.7 Å². The Morgan fingerprint density at radius 1 is 1.08 bits per heavy atom. The highest BCUT2D eigenvalue weighted by Gasteiger charge is 2.16. The van der Waals surface area contributed by atoms with Gasteiger partial charge in [0.15, 0.2) is 11.0 Å². The lowest BCUT2D eigenvalue weighted by Crippen LogP contribution is -2.22. The topological polar surface area (TPSA) is 115 Å². The van der Waals surface area contributed by atoms with Gasteiger partial charge >= 0.3 is 5.97 Å². The minimum atomic E-state index is -0.501. The van der Waals surface area contributed by atoms with Crippen molar-refractivity contribution in [1.29, 1.82) is 0 Å². The van der Waals surface area contributed by atoms with Crippen LogP contribution in [0.15, 0.2) is 53.7 Å². The third kappa shape index (κ3) is 8.08. The summed E-state index contributed by atoms with van der Waals surface area (Å²) >= 11 is 13.5. The van der Waals surface area contributed by atoms with Crippen LogP contribution in [-0.2, 0) is 27.4 Å². The second-order valence-electron chi connectivity index (χ2n) is 7.47. The van der Waals surface area contributed by atoms with E-state index in [0.29, 0.717) is 33.3 Å². The summed E-state index contributed by atoms with van der Waals surface area (Å²) in [6.07, 6.45) is 3.03. The highest BCUT2D eigenvalue weighted by atomic mass is 35.5. The number of rotatable bonds is 11. The van der Waals surface area contributed by atoms with Crippen LogP contribution in [0.1, 0.15) is 35.6 Å². The molecule has 194 valence electrons. The van der Waals surface area contributed by atoms with E-state index in [1.54, 1.807) is 19.1 Å². The SMILES string of the molecule is CCOC(=O)c1ccc(Cl)c(NC(=O)CSc2nnc(CNC(=O)C=Cc3ccccc3Cl)n2CC)c1. The van der Waals surface area contributed by atoms with Crippen molar-refractivity contribution in [3.8, 4) is 0 Å². The quantitative estimate of drug-likeness (QED) is 0.195. The Hall–Kier alpha value is -3.34. The van der Waals surface area contributed by atoms with Crippen LogP contribution >= 0.6 is 35.0 Å². The van der Waals surface area contributed by atoms with Crippen molar-refractivity contribution in [3.63, 3.8) is 0 Å². The largest absolute Gasteiger partial charge is 0.462 e. The number of halogens is 2. The normalized spacial score (nSPS) is 10.9. The zero-order chi connectivity index (χ0) is 26.8. The van der Waals surface area contributed by atoms with Crippen LogP contribution in [0.3, 0.4) is 0 Å². The van der Waals surface area contributed by atoms with Crippen LogP contribution in [0.5, 0.6) is 0 Å². The minimum Gasteiger partial charge on any atom is -0.462 e. The Bertz CT molecular complexity index is 1310. The number of hydrogen-bond acceptors (Lipinski definition) is 7. The number of aromatic nitrogens is 3. The summed E-state index contributed by atoms with van der Waals surface area (Å²) in [5.41, 5.74) is 1.33. The zero-order valence-electron chi connectivity index (χ0n) is 20.2. The van der Waals surface area contributed by atoms with E-state index in [4.69, 9.17) is 27.9 Å². The molecular weight excluding hydrogens is 537 g/mol. The van der Waals surface area contributed by atoms with Gasteiger partial charge in [0.1, 0.15) is 0 Å². The molecule has 0 saturated carbocycles. The Morgan fingerprint density at radius 3 is 2.59 bits per heavy atom. The molecule has 0 aliphatic carbocycles. The molecule has 3 rings (SSSR count). The van der Waals surface area contributed by atoms with Gasteiger partial charge in [-0.2, -0.15) is 0 Å². The molecule has 0 atom stereocenters. The fourth-order valence-electron chi connectivity index (χ4n) is 3.15. The molecule has 1 aromatic heterocycles. The van der Waals surface area contributed by atoms with Gasteiger partial charge in [-0.05, 0) is 49.8 Å². The molecule has 0 radical (unpaired) electrons. The summed E-state index contributed by atoms with van der Waals surface area (Å²) in [7, 11) is 0. The number of thioether (sulfide) groups is 1. The van der Waals surface area contributed by atoms with E-state index in [2.05, 4.69) is 20.8 Å². The number of amides is 2. The highest BCUT2D eigenvalue weighted by Crippen LogP contribution is 2.25. The zero-order valence-corrected chi connectivity index (χ0v) is 22.5. The van der Waals surface area contributed by atoms with Crippen molar-refractivity contribution in [2.75, 3.05) is 17.7 Å². The van der Waals surface area contributed by atoms with Crippen LogP contribution in [0.4, 0.5) is 5.69 Å².